The molecule has 2 aromatic rings. The molecule has 2 heterocycles. The fourth-order valence-corrected chi connectivity index (χ4v) is 3.00. The van der Waals surface area contributed by atoms with Gasteiger partial charge in [0.1, 0.15) is 0 Å². The van der Waals surface area contributed by atoms with E-state index in [4.69, 9.17) is 0 Å². The normalized spacial score (nSPS) is 18.3. The lowest BCUT2D eigenvalue weighted by Gasteiger charge is -2.27. The number of aromatic nitrogens is 2. The van der Waals surface area contributed by atoms with Crippen LogP contribution in [-0.2, 0) is 13.1 Å². The molecule has 1 aromatic heterocycles. The highest BCUT2D eigenvalue weighted by molar-refractivity contribution is 5.54. The number of nitrogens with zero attached hydrogens (tertiary/aromatic N) is 3. The molecule has 0 bridgehead atoms. The number of nitrogens with one attached hydrogen (secondary N) is 1. The van der Waals surface area contributed by atoms with Crippen molar-refractivity contribution in [2.75, 3.05) is 18.0 Å². The Bertz CT molecular complexity index is 550. The fraction of sp³-hybridized carbons (Fsp3) is 0.471. The standard InChI is InChI=1S/C17H24N4/c1-2-16-13-21(10-5-9-20-11-8-18-14-20)17-7-4-3-6-15(17)12-19-16/h3-4,6-8,11,14,16,19H,2,5,9-10,12-13H2,1H3. The van der Waals surface area contributed by atoms with Crippen molar-refractivity contribution in [3.8, 4) is 0 Å². The molecule has 112 valence electrons. The third kappa shape index (κ3) is 3.45. The molecule has 1 aliphatic heterocycles. The van der Waals surface area contributed by atoms with E-state index in [1.807, 2.05) is 18.7 Å². The number of anilines is 1. The van der Waals surface area contributed by atoms with Crippen LogP contribution in [0.3, 0.4) is 0 Å². The molecular formula is C17H24N4. The Morgan fingerprint density at radius 3 is 3.00 bits per heavy atom. The largest absolute Gasteiger partial charge is 0.370 e. The molecule has 1 aliphatic rings. The van der Waals surface area contributed by atoms with Crippen LogP contribution >= 0.6 is 0 Å². The highest BCUT2D eigenvalue weighted by Gasteiger charge is 2.19. The van der Waals surface area contributed by atoms with Crippen LogP contribution in [0.1, 0.15) is 25.3 Å². The number of rotatable bonds is 5. The molecular weight excluding hydrogens is 260 g/mol. The number of benzene rings is 1. The number of para-hydroxylation sites is 1. The maximum absolute atomic E-state index is 4.10. The van der Waals surface area contributed by atoms with Crippen LogP contribution in [0.4, 0.5) is 5.69 Å². The van der Waals surface area contributed by atoms with Crippen LogP contribution in [0.15, 0.2) is 43.0 Å². The molecule has 1 unspecified atom stereocenters. The first kappa shape index (κ1) is 14.1. The van der Waals surface area contributed by atoms with Gasteiger partial charge in [0.25, 0.3) is 0 Å². The first-order valence-electron chi connectivity index (χ1n) is 7.89. The van der Waals surface area contributed by atoms with Crippen molar-refractivity contribution in [2.45, 2.75) is 38.9 Å². The molecule has 4 heteroatoms. The van der Waals surface area contributed by atoms with E-state index in [2.05, 4.69) is 51.0 Å². The lowest BCUT2D eigenvalue weighted by atomic mass is 10.1. The van der Waals surface area contributed by atoms with Gasteiger partial charge in [-0.3, -0.25) is 0 Å². The van der Waals surface area contributed by atoms with Crippen LogP contribution in [0.25, 0.3) is 0 Å². The van der Waals surface area contributed by atoms with Gasteiger partial charge < -0.3 is 14.8 Å². The van der Waals surface area contributed by atoms with Crippen molar-refractivity contribution >= 4 is 5.69 Å². The van der Waals surface area contributed by atoms with Gasteiger partial charge in [-0.05, 0) is 24.5 Å². The summed E-state index contributed by atoms with van der Waals surface area (Å²) in [5, 5.41) is 3.66. The zero-order chi connectivity index (χ0) is 14.5. The van der Waals surface area contributed by atoms with E-state index in [0.29, 0.717) is 6.04 Å². The summed E-state index contributed by atoms with van der Waals surface area (Å²) < 4.78 is 2.15. The summed E-state index contributed by atoms with van der Waals surface area (Å²) in [4.78, 5) is 6.65. The van der Waals surface area contributed by atoms with E-state index in [1.165, 1.54) is 17.7 Å². The van der Waals surface area contributed by atoms with Gasteiger partial charge >= 0.3 is 0 Å². The second-order valence-electron chi connectivity index (χ2n) is 5.71. The van der Waals surface area contributed by atoms with Crippen molar-refractivity contribution in [2.24, 2.45) is 0 Å². The van der Waals surface area contributed by atoms with Crippen molar-refractivity contribution in [3.63, 3.8) is 0 Å². The Labute approximate surface area is 126 Å². The van der Waals surface area contributed by atoms with Gasteiger partial charge in [0.05, 0.1) is 6.33 Å². The van der Waals surface area contributed by atoms with Gasteiger partial charge in [0.2, 0.25) is 0 Å². The summed E-state index contributed by atoms with van der Waals surface area (Å²) in [5.74, 6) is 0. The molecule has 21 heavy (non-hydrogen) atoms. The molecule has 1 aromatic carbocycles. The van der Waals surface area contributed by atoms with Crippen LogP contribution in [0.2, 0.25) is 0 Å². The smallest absolute Gasteiger partial charge is 0.0945 e. The predicted molar refractivity (Wildman–Crippen MR) is 86.4 cm³/mol. The van der Waals surface area contributed by atoms with E-state index in [1.54, 1.807) is 0 Å². The second-order valence-corrected chi connectivity index (χ2v) is 5.71. The highest BCUT2D eigenvalue weighted by Crippen LogP contribution is 2.24. The van der Waals surface area contributed by atoms with Crippen molar-refractivity contribution in [1.29, 1.82) is 0 Å². The topological polar surface area (TPSA) is 33.1 Å². The molecule has 0 aliphatic carbocycles. The summed E-state index contributed by atoms with van der Waals surface area (Å²) in [5.41, 5.74) is 2.81. The monoisotopic (exact) mass is 284 g/mol. The number of aryl methyl sites for hydroxylation is 1. The lowest BCUT2D eigenvalue weighted by molar-refractivity contribution is 0.496. The predicted octanol–water partition coefficient (Wildman–Crippen LogP) is 2.66. The molecule has 1 atom stereocenters. The molecule has 0 radical (unpaired) electrons. The van der Waals surface area contributed by atoms with Crippen LogP contribution in [0.5, 0.6) is 0 Å². The minimum atomic E-state index is 0.575. The maximum Gasteiger partial charge on any atom is 0.0945 e. The number of hydrogen-bond donors (Lipinski definition) is 1. The molecule has 3 rings (SSSR count). The minimum absolute atomic E-state index is 0.575. The summed E-state index contributed by atoms with van der Waals surface area (Å²) >= 11 is 0. The summed E-state index contributed by atoms with van der Waals surface area (Å²) in [6.07, 6.45) is 8.09. The Morgan fingerprint density at radius 2 is 2.19 bits per heavy atom. The van der Waals surface area contributed by atoms with Gasteiger partial charge in [-0.25, -0.2) is 4.98 Å². The van der Waals surface area contributed by atoms with Crippen LogP contribution < -0.4 is 10.2 Å². The van der Waals surface area contributed by atoms with E-state index in [9.17, 15) is 0 Å². The van der Waals surface area contributed by atoms with Crippen LogP contribution in [0, 0.1) is 0 Å². The van der Waals surface area contributed by atoms with Gasteiger partial charge in [-0.15, -0.1) is 0 Å². The van der Waals surface area contributed by atoms with Crippen molar-refractivity contribution in [1.82, 2.24) is 14.9 Å². The quantitative estimate of drug-likeness (QED) is 0.916. The number of hydrogen-bond acceptors (Lipinski definition) is 3. The SMILES string of the molecule is CCC1CN(CCCn2ccnc2)c2ccccc2CN1. The molecule has 0 spiro atoms. The Morgan fingerprint density at radius 1 is 1.29 bits per heavy atom. The minimum Gasteiger partial charge on any atom is -0.370 e. The molecule has 1 N–H and O–H groups in total. The summed E-state index contributed by atoms with van der Waals surface area (Å²) in [6, 6.07) is 9.35. The zero-order valence-corrected chi connectivity index (χ0v) is 12.7. The number of imidazole rings is 1. The van der Waals surface area contributed by atoms with E-state index in [-0.39, 0.29) is 0 Å². The lowest BCUT2D eigenvalue weighted by Crippen LogP contribution is -2.38. The third-order valence-corrected chi connectivity index (χ3v) is 4.25. The highest BCUT2D eigenvalue weighted by atomic mass is 15.2. The van der Waals surface area contributed by atoms with E-state index in [0.717, 1.165) is 32.6 Å². The van der Waals surface area contributed by atoms with Crippen molar-refractivity contribution < 1.29 is 0 Å². The van der Waals surface area contributed by atoms with Gasteiger partial charge in [0, 0.05) is 50.3 Å². The van der Waals surface area contributed by atoms with Crippen LogP contribution in [-0.4, -0.2) is 28.7 Å². The maximum atomic E-state index is 4.10. The molecule has 0 fully saturated rings. The Hall–Kier alpha value is -1.81. The van der Waals surface area contributed by atoms with Gasteiger partial charge in [0.15, 0.2) is 0 Å². The molecule has 0 saturated heterocycles. The average Bonchev–Trinajstić information content (AvgIpc) is 2.96. The fourth-order valence-electron chi connectivity index (χ4n) is 3.00. The molecule has 4 nitrogen and oxygen atoms in total. The first-order chi connectivity index (χ1) is 10.4. The molecule has 0 saturated carbocycles. The number of fused-ring (bicyclic) bond motifs is 1. The average molecular weight is 284 g/mol. The summed E-state index contributed by atoms with van der Waals surface area (Å²) in [6.45, 7) is 6.46. The summed E-state index contributed by atoms with van der Waals surface area (Å²) in [7, 11) is 0. The molecule has 0 amide bonds. The van der Waals surface area contributed by atoms with E-state index >= 15 is 0 Å². The van der Waals surface area contributed by atoms with E-state index < -0.39 is 0 Å². The Kier molecular flexibility index (Phi) is 4.55. The Balaban J connectivity index is 1.68. The second kappa shape index (κ2) is 6.76. The van der Waals surface area contributed by atoms with Gasteiger partial charge in [-0.2, -0.15) is 0 Å². The third-order valence-electron chi connectivity index (χ3n) is 4.25. The van der Waals surface area contributed by atoms with Gasteiger partial charge in [-0.1, -0.05) is 25.1 Å². The van der Waals surface area contributed by atoms with Crippen molar-refractivity contribution in [3.05, 3.63) is 48.5 Å². The zero-order valence-electron chi connectivity index (χ0n) is 12.7. The first-order valence-corrected chi connectivity index (χ1v) is 7.89.